The first-order chi connectivity index (χ1) is 13.1. The summed E-state index contributed by atoms with van der Waals surface area (Å²) in [7, 11) is 3.05. The lowest BCUT2D eigenvalue weighted by Gasteiger charge is -2.11. The Bertz CT molecular complexity index is 790. The molecule has 0 spiro atoms. The number of nitrogens with one attached hydrogen (secondary N) is 1. The molecule has 0 fully saturated rings. The van der Waals surface area contributed by atoms with Crippen molar-refractivity contribution in [2.45, 2.75) is 13.5 Å². The summed E-state index contributed by atoms with van der Waals surface area (Å²) in [5, 5.41) is 2.69. The summed E-state index contributed by atoms with van der Waals surface area (Å²) in [4.78, 5) is 24.1. The second-order valence-corrected chi connectivity index (χ2v) is 5.46. The van der Waals surface area contributed by atoms with E-state index in [1.165, 1.54) is 13.2 Å². The standard InChI is InChI=1S/C20H23NO6/c1-4-26-17-10-9-14(11-18(17)25-3)20(23)27-13-19(22)21-12-15-7-5-6-8-16(15)24-2/h5-11H,4,12-13H2,1-3H3,(H,21,22). The maximum atomic E-state index is 12.1. The average Bonchev–Trinajstić information content (AvgIpc) is 2.71. The molecule has 0 atom stereocenters. The van der Waals surface area contributed by atoms with Gasteiger partial charge in [0.05, 0.1) is 26.4 Å². The molecule has 7 heteroatoms. The number of amides is 1. The molecule has 0 aliphatic carbocycles. The fourth-order valence-electron chi connectivity index (χ4n) is 2.38. The third-order valence-corrected chi connectivity index (χ3v) is 3.70. The number of esters is 1. The Kier molecular flexibility index (Phi) is 7.49. The highest BCUT2D eigenvalue weighted by Crippen LogP contribution is 2.28. The van der Waals surface area contributed by atoms with Gasteiger partial charge in [-0.25, -0.2) is 4.79 Å². The largest absolute Gasteiger partial charge is 0.496 e. The van der Waals surface area contributed by atoms with Crippen molar-refractivity contribution >= 4 is 11.9 Å². The Hall–Kier alpha value is -3.22. The second-order valence-electron chi connectivity index (χ2n) is 5.46. The summed E-state index contributed by atoms with van der Waals surface area (Å²) in [6.07, 6.45) is 0. The van der Waals surface area contributed by atoms with Gasteiger partial charge >= 0.3 is 5.97 Å². The topological polar surface area (TPSA) is 83.1 Å². The Morgan fingerprint density at radius 2 is 1.70 bits per heavy atom. The minimum Gasteiger partial charge on any atom is -0.496 e. The van der Waals surface area contributed by atoms with Gasteiger partial charge in [0.25, 0.3) is 5.91 Å². The number of para-hydroxylation sites is 1. The Morgan fingerprint density at radius 3 is 2.41 bits per heavy atom. The minimum absolute atomic E-state index is 0.271. The smallest absolute Gasteiger partial charge is 0.338 e. The van der Waals surface area contributed by atoms with E-state index in [1.807, 2.05) is 25.1 Å². The number of ether oxygens (including phenoxy) is 4. The van der Waals surface area contributed by atoms with Gasteiger partial charge in [0, 0.05) is 12.1 Å². The van der Waals surface area contributed by atoms with Crippen LogP contribution < -0.4 is 19.5 Å². The van der Waals surface area contributed by atoms with E-state index in [1.54, 1.807) is 25.3 Å². The van der Waals surface area contributed by atoms with Crippen LogP contribution in [0.3, 0.4) is 0 Å². The van der Waals surface area contributed by atoms with E-state index < -0.39 is 11.9 Å². The van der Waals surface area contributed by atoms with Crippen LogP contribution in [0.1, 0.15) is 22.8 Å². The van der Waals surface area contributed by atoms with Crippen molar-refractivity contribution in [2.75, 3.05) is 27.4 Å². The van der Waals surface area contributed by atoms with Gasteiger partial charge in [-0.15, -0.1) is 0 Å². The summed E-state index contributed by atoms with van der Waals surface area (Å²) in [5.41, 5.74) is 1.10. The number of rotatable bonds is 9. The zero-order valence-corrected chi connectivity index (χ0v) is 15.6. The average molecular weight is 373 g/mol. The van der Waals surface area contributed by atoms with Crippen LogP contribution in [0.25, 0.3) is 0 Å². The first-order valence-electron chi connectivity index (χ1n) is 8.45. The third-order valence-electron chi connectivity index (χ3n) is 3.70. The van der Waals surface area contributed by atoms with Gasteiger partial charge in [-0.05, 0) is 31.2 Å². The van der Waals surface area contributed by atoms with Crippen molar-refractivity contribution in [1.82, 2.24) is 5.32 Å². The van der Waals surface area contributed by atoms with Crippen molar-refractivity contribution in [3.8, 4) is 17.2 Å². The molecule has 0 bridgehead atoms. The lowest BCUT2D eigenvalue weighted by atomic mass is 10.2. The maximum absolute atomic E-state index is 12.1. The second kappa shape index (κ2) is 10.1. The SMILES string of the molecule is CCOc1ccc(C(=O)OCC(=O)NCc2ccccc2OC)cc1OC. The van der Waals surface area contributed by atoms with Crippen LogP contribution in [-0.2, 0) is 16.1 Å². The monoisotopic (exact) mass is 373 g/mol. The molecule has 144 valence electrons. The fraction of sp³-hybridized carbons (Fsp3) is 0.300. The Morgan fingerprint density at radius 1 is 0.963 bits per heavy atom. The molecule has 2 rings (SSSR count). The summed E-state index contributed by atoms with van der Waals surface area (Å²) < 4.78 is 20.9. The molecular formula is C20H23NO6. The van der Waals surface area contributed by atoms with E-state index in [9.17, 15) is 9.59 Å². The molecule has 0 unspecified atom stereocenters. The molecule has 0 aliphatic rings. The van der Waals surface area contributed by atoms with E-state index in [2.05, 4.69) is 5.32 Å². The van der Waals surface area contributed by atoms with Crippen molar-refractivity contribution in [1.29, 1.82) is 0 Å². The molecule has 7 nitrogen and oxygen atoms in total. The Labute approximate surface area is 158 Å². The predicted molar refractivity (Wildman–Crippen MR) is 99.3 cm³/mol. The number of benzene rings is 2. The molecule has 0 radical (unpaired) electrons. The van der Waals surface area contributed by atoms with Crippen molar-refractivity contribution in [2.24, 2.45) is 0 Å². The van der Waals surface area contributed by atoms with Crippen molar-refractivity contribution in [3.63, 3.8) is 0 Å². The van der Waals surface area contributed by atoms with Gasteiger partial charge in [0.15, 0.2) is 18.1 Å². The van der Waals surface area contributed by atoms with E-state index in [4.69, 9.17) is 18.9 Å². The van der Waals surface area contributed by atoms with Crippen molar-refractivity contribution in [3.05, 3.63) is 53.6 Å². The zero-order valence-electron chi connectivity index (χ0n) is 15.6. The van der Waals surface area contributed by atoms with E-state index >= 15 is 0 Å². The lowest BCUT2D eigenvalue weighted by Crippen LogP contribution is -2.28. The maximum Gasteiger partial charge on any atom is 0.338 e. The molecule has 0 saturated carbocycles. The molecular weight excluding hydrogens is 350 g/mol. The van der Waals surface area contributed by atoms with Gasteiger partial charge in [0.2, 0.25) is 0 Å². The van der Waals surface area contributed by atoms with Gasteiger partial charge in [-0.3, -0.25) is 4.79 Å². The predicted octanol–water partition coefficient (Wildman–Crippen LogP) is 2.58. The molecule has 0 saturated heterocycles. The fourth-order valence-corrected chi connectivity index (χ4v) is 2.38. The van der Waals surface area contributed by atoms with Crippen LogP contribution in [0.4, 0.5) is 0 Å². The molecule has 1 N–H and O–H groups in total. The van der Waals surface area contributed by atoms with Gasteiger partial charge in [-0.1, -0.05) is 18.2 Å². The summed E-state index contributed by atoms with van der Waals surface area (Å²) in [5.74, 6) is 0.602. The molecule has 0 heterocycles. The first-order valence-corrected chi connectivity index (χ1v) is 8.45. The van der Waals surface area contributed by atoms with E-state index in [-0.39, 0.29) is 18.7 Å². The van der Waals surface area contributed by atoms with Crippen LogP contribution in [0.5, 0.6) is 17.2 Å². The highest BCUT2D eigenvalue weighted by molar-refractivity contribution is 5.92. The number of carbonyl (C=O) groups is 2. The van der Waals surface area contributed by atoms with Gasteiger partial charge in [-0.2, -0.15) is 0 Å². The Balaban J connectivity index is 1.88. The van der Waals surface area contributed by atoms with Crippen LogP contribution in [-0.4, -0.2) is 39.3 Å². The normalized spacial score (nSPS) is 10.0. The zero-order chi connectivity index (χ0) is 19.6. The summed E-state index contributed by atoms with van der Waals surface area (Å²) in [6.45, 7) is 2.22. The molecule has 2 aromatic carbocycles. The number of methoxy groups -OCH3 is 2. The molecule has 2 aromatic rings. The third kappa shape index (κ3) is 5.64. The highest BCUT2D eigenvalue weighted by Gasteiger charge is 2.14. The van der Waals surface area contributed by atoms with E-state index in [0.29, 0.717) is 23.9 Å². The first kappa shape index (κ1) is 20.1. The van der Waals surface area contributed by atoms with Crippen LogP contribution >= 0.6 is 0 Å². The van der Waals surface area contributed by atoms with Crippen molar-refractivity contribution < 1.29 is 28.5 Å². The quantitative estimate of drug-likeness (QED) is 0.680. The number of hydrogen-bond donors (Lipinski definition) is 1. The van der Waals surface area contributed by atoms with Crippen LogP contribution in [0.15, 0.2) is 42.5 Å². The molecule has 0 aromatic heterocycles. The molecule has 27 heavy (non-hydrogen) atoms. The molecule has 1 amide bonds. The molecule has 0 aliphatic heterocycles. The van der Waals surface area contributed by atoms with E-state index in [0.717, 1.165) is 5.56 Å². The van der Waals surface area contributed by atoms with Gasteiger partial charge < -0.3 is 24.3 Å². The number of hydrogen-bond acceptors (Lipinski definition) is 6. The van der Waals surface area contributed by atoms with Crippen LogP contribution in [0.2, 0.25) is 0 Å². The minimum atomic E-state index is -0.621. The highest BCUT2D eigenvalue weighted by atomic mass is 16.5. The number of carbonyl (C=O) groups excluding carboxylic acids is 2. The van der Waals surface area contributed by atoms with Gasteiger partial charge in [0.1, 0.15) is 5.75 Å². The van der Waals surface area contributed by atoms with Crippen LogP contribution in [0, 0.1) is 0 Å². The summed E-state index contributed by atoms with van der Waals surface area (Å²) >= 11 is 0. The lowest BCUT2D eigenvalue weighted by molar-refractivity contribution is -0.124. The summed E-state index contributed by atoms with van der Waals surface area (Å²) in [6, 6.07) is 12.0.